The highest BCUT2D eigenvalue weighted by atomic mass is 32.3. The minimum atomic E-state index is -4.65. The standard InChI is InChI=1S/C18H34O5S.H3N/c1-2-3-4-5-6-7-8-9-10-11-12-13-14-15-16-17-18(19)23-24(20,21)22;/h9-10H,2-8,11-17H2,1H3,(H,20,21,22);1H3/b10-9-;. The molecule has 0 saturated heterocycles. The summed E-state index contributed by atoms with van der Waals surface area (Å²) in [4.78, 5) is 11.0. The average Bonchev–Trinajstić information content (AvgIpc) is 2.49. The monoisotopic (exact) mass is 379 g/mol. The molecule has 0 fully saturated rings. The molecule has 0 aliphatic rings. The van der Waals surface area contributed by atoms with Crippen molar-refractivity contribution in [1.82, 2.24) is 6.15 Å². The van der Waals surface area contributed by atoms with E-state index in [2.05, 4.69) is 23.3 Å². The van der Waals surface area contributed by atoms with Crippen molar-refractivity contribution < 1.29 is 21.9 Å². The van der Waals surface area contributed by atoms with Crippen LogP contribution in [-0.2, 0) is 19.4 Å². The second-order valence-corrected chi connectivity index (χ2v) is 7.24. The first-order chi connectivity index (χ1) is 11.5. The molecule has 0 unspecified atom stereocenters. The van der Waals surface area contributed by atoms with Crippen LogP contribution in [0.25, 0.3) is 0 Å². The van der Waals surface area contributed by atoms with Gasteiger partial charge in [0, 0.05) is 6.42 Å². The average molecular weight is 380 g/mol. The van der Waals surface area contributed by atoms with Crippen LogP contribution in [0.5, 0.6) is 0 Å². The Morgan fingerprint density at radius 2 is 1.28 bits per heavy atom. The van der Waals surface area contributed by atoms with Crippen molar-refractivity contribution in [3.05, 3.63) is 12.2 Å². The van der Waals surface area contributed by atoms with E-state index in [0.717, 1.165) is 32.1 Å². The first-order valence-electron chi connectivity index (χ1n) is 9.30. The fourth-order valence-electron chi connectivity index (χ4n) is 2.50. The summed E-state index contributed by atoms with van der Waals surface area (Å²) >= 11 is 0. The molecular weight excluding hydrogens is 342 g/mol. The molecule has 0 aromatic heterocycles. The number of hydrogen-bond acceptors (Lipinski definition) is 5. The Bertz CT molecular complexity index is 435. The molecule has 4 N–H and O–H groups in total. The molecule has 25 heavy (non-hydrogen) atoms. The summed E-state index contributed by atoms with van der Waals surface area (Å²) in [5, 5.41) is 0. The summed E-state index contributed by atoms with van der Waals surface area (Å²) in [6.07, 6.45) is 19.6. The van der Waals surface area contributed by atoms with Gasteiger partial charge in [0.15, 0.2) is 0 Å². The highest BCUT2D eigenvalue weighted by Gasteiger charge is 2.12. The van der Waals surface area contributed by atoms with E-state index >= 15 is 0 Å². The van der Waals surface area contributed by atoms with E-state index in [1.807, 2.05) is 0 Å². The number of carbonyl (C=O) groups is 1. The first-order valence-corrected chi connectivity index (χ1v) is 10.7. The second kappa shape index (κ2) is 17.9. The molecule has 0 spiro atoms. The molecule has 0 bridgehead atoms. The van der Waals surface area contributed by atoms with Crippen LogP contribution in [0.4, 0.5) is 0 Å². The Morgan fingerprint density at radius 1 is 0.840 bits per heavy atom. The van der Waals surface area contributed by atoms with E-state index in [1.165, 1.54) is 44.9 Å². The van der Waals surface area contributed by atoms with Crippen molar-refractivity contribution in [3.8, 4) is 0 Å². The lowest BCUT2D eigenvalue weighted by Crippen LogP contribution is -2.11. The zero-order chi connectivity index (χ0) is 18.1. The van der Waals surface area contributed by atoms with Gasteiger partial charge in [-0.1, -0.05) is 70.4 Å². The van der Waals surface area contributed by atoms with E-state index in [1.54, 1.807) is 0 Å². The minimum absolute atomic E-state index is 0. The maximum atomic E-state index is 11.0. The molecule has 0 heterocycles. The lowest BCUT2D eigenvalue weighted by molar-refractivity contribution is -0.134. The first kappa shape index (κ1) is 26.3. The van der Waals surface area contributed by atoms with Crippen molar-refractivity contribution in [1.29, 1.82) is 0 Å². The second-order valence-electron chi connectivity index (χ2n) is 6.22. The molecule has 0 atom stereocenters. The van der Waals surface area contributed by atoms with Gasteiger partial charge >= 0.3 is 16.4 Å². The Kier molecular flexibility index (Phi) is 18.8. The predicted octanol–water partition coefficient (Wildman–Crippen LogP) is 5.53. The molecule has 0 aromatic carbocycles. The SMILES string of the molecule is CCCCCCCC/C=C\CCCCCCCC(=O)OS(=O)(=O)O.N. The van der Waals surface area contributed by atoms with Gasteiger partial charge in [-0.05, 0) is 32.1 Å². The molecule has 150 valence electrons. The number of carbonyl (C=O) groups excluding carboxylic acids is 1. The van der Waals surface area contributed by atoms with Crippen molar-refractivity contribution >= 4 is 16.4 Å². The molecule has 0 rings (SSSR count). The van der Waals surface area contributed by atoms with Crippen LogP contribution in [0.1, 0.15) is 96.8 Å². The third-order valence-corrected chi connectivity index (χ3v) is 4.24. The summed E-state index contributed by atoms with van der Waals surface area (Å²) in [5.41, 5.74) is 0. The summed E-state index contributed by atoms with van der Waals surface area (Å²) in [6.45, 7) is 2.24. The van der Waals surface area contributed by atoms with Crippen LogP contribution in [0.2, 0.25) is 0 Å². The quantitative estimate of drug-likeness (QED) is 0.207. The highest BCUT2D eigenvalue weighted by Crippen LogP contribution is 2.10. The van der Waals surface area contributed by atoms with E-state index in [-0.39, 0.29) is 12.6 Å². The molecule has 7 heteroatoms. The number of hydrogen-bond donors (Lipinski definition) is 2. The molecule has 0 aliphatic heterocycles. The van der Waals surface area contributed by atoms with Gasteiger partial charge in [-0.25, -0.2) is 0 Å². The van der Waals surface area contributed by atoms with Crippen LogP contribution in [-0.4, -0.2) is 18.9 Å². The Morgan fingerprint density at radius 3 is 1.76 bits per heavy atom. The van der Waals surface area contributed by atoms with Crippen LogP contribution >= 0.6 is 0 Å². The van der Waals surface area contributed by atoms with Gasteiger partial charge in [-0.2, -0.15) is 8.42 Å². The zero-order valence-electron chi connectivity index (χ0n) is 15.7. The molecule has 0 aliphatic carbocycles. The number of allylic oxidation sites excluding steroid dienone is 2. The smallest absolute Gasteiger partial charge is 0.344 e. The minimum Gasteiger partial charge on any atom is -0.344 e. The predicted molar refractivity (Wildman–Crippen MR) is 102 cm³/mol. The maximum absolute atomic E-state index is 11.0. The van der Waals surface area contributed by atoms with E-state index in [4.69, 9.17) is 4.55 Å². The topological polar surface area (TPSA) is 116 Å². The molecule has 6 nitrogen and oxygen atoms in total. The van der Waals surface area contributed by atoms with E-state index in [9.17, 15) is 13.2 Å². The maximum Gasteiger partial charge on any atom is 0.448 e. The van der Waals surface area contributed by atoms with Crippen LogP contribution in [0.15, 0.2) is 12.2 Å². The van der Waals surface area contributed by atoms with Gasteiger partial charge < -0.3 is 10.3 Å². The van der Waals surface area contributed by atoms with E-state index < -0.39 is 16.4 Å². The normalized spacial score (nSPS) is 11.4. The summed E-state index contributed by atoms with van der Waals surface area (Å²) in [7, 11) is -4.65. The number of unbranched alkanes of at least 4 members (excludes halogenated alkanes) is 11. The van der Waals surface area contributed by atoms with Crippen molar-refractivity contribution in [2.45, 2.75) is 96.8 Å². The lowest BCUT2D eigenvalue weighted by Gasteiger charge is -2.01. The zero-order valence-corrected chi connectivity index (χ0v) is 16.6. The van der Waals surface area contributed by atoms with Crippen LogP contribution < -0.4 is 6.15 Å². The summed E-state index contributed by atoms with van der Waals surface area (Å²) in [5.74, 6) is -0.893. The molecular formula is C18H37NO5S. The Labute approximate surface area is 154 Å². The van der Waals surface area contributed by atoms with Crippen molar-refractivity contribution in [3.63, 3.8) is 0 Å². The lowest BCUT2D eigenvalue weighted by atomic mass is 10.1. The fraction of sp³-hybridized carbons (Fsp3) is 0.833. The molecule has 0 amide bonds. The largest absolute Gasteiger partial charge is 0.448 e. The van der Waals surface area contributed by atoms with Gasteiger partial charge in [-0.3, -0.25) is 9.35 Å². The molecule has 0 aromatic rings. The van der Waals surface area contributed by atoms with Crippen molar-refractivity contribution in [2.75, 3.05) is 0 Å². The molecule has 0 saturated carbocycles. The third kappa shape index (κ3) is 23.1. The fourth-order valence-corrected chi connectivity index (χ4v) is 2.82. The Hall–Kier alpha value is -0.920. The van der Waals surface area contributed by atoms with Gasteiger partial charge in [0.25, 0.3) is 0 Å². The van der Waals surface area contributed by atoms with Gasteiger partial charge in [0.1, 0.15) is 0 Å². The molecule has 0 radical (unpaired) electrons. The third-order valence-electron chi connectivity index (χ3n) is 3.84. The van der Waals surface area contributed by atoms with Crippen LogP contribution in [0, 0.1) is 0 Å². The van der Waals surface area contributed by atoms with Crippen LogP contribution in [0.3, 0.4) is 0 Å². The van der Waals surface area contributed by atoms with Gasteiger partial charge in [0.2, 0.25) is 0 Å². The highest BCUT2D eigenvalue weighted by molar-refractivity contribution is 7.81. The van der Waals surface area contributed by atoms with Gasteiger partial charge in [0.05, 0.1) is 0 Å². The number of rotatable bonds is 16. The van der Waals surface area contributed by atoms with Gasteiger partial charge in [-0.15, -0.1) is 0 Å². The Balaban J connectivity index is 0. The van der Waals surface area contributed by atoms with E-state index in [0.29, 0.717) is 6.42 Å². The van der Waals surface area contributed by atoms with Crippen molar-refractivity contribution in [2.24, 2.45) is 0 Å². The summed E-state index contributed by atoms with van der Waals surface area (Å²) in [6, 6.07) is 0. The summed E-state index contributed by atoms with van der Waals surface area (Å²) < 4.78 is 32.8.